The number of unbranched alkanes of at least 4 members (excludes halogenated alkanes) is 48. The molecule has 600 valence electrons. The zero-order valence-electron chi connectivity index (χ0n) is 66.4. The Morgan fingerprint density at radius 1 is 0.267 bits per heavy atom. The normalized spacial score (nSPS) is 14.0. The molecule has 0 aliphatic carbocycles. The van der Waals surface area contributed by atoms with Crippen molar-refractivity contribution in [1.82, 2.24) is 0 Å². The van der Waals surface area contributed by atoms with E-state index < -0.39 is 97.5 Å². The smallest absolute Gasteiger partial charge is 0.462 e. The highest BCUT2D eigenvalue weighted by atomic mass is 31.2. The molecule has 0 aliphatic heterocycles. The fourth-order valence-corrected chi connectivity index (χ4v) is 14.2. The summed E-state index contributed by atoms with van der Waals surface area (Å²) in [6.45, 7) is 12.0. The first-order valence-corrected chi connectivity index (χ1v) is 45.3. The number of phosphoric acid groups is 2. The van der Waals surface area contributed by atoms with Gasteiger partial charge in [0.1, 0.15) is 19.3 Å². The molecule has 0 rings (SSSR count). The molecule has 0 aromatic heterocycles. The van der Waals surface area contributed by atoms with Gasteiger partial charge in [0.25, 0.3) is 0 Å². The molecular weight excluding hydrogens is 1320 g/mol. The lowest BCUT2D eigenvalue weighted by Crippen LogP contribution is -2.30. The van der Waals surface area contributed by atoms with Crippen molar-refractivity contribution >= 4 is 39.5 Å². The van der Waals surface area contributed by atoms with Gasteiger partial charge in [0.2, 0.25) is 0 Å². The summed E-state index contributed by atoms with van der Waals surface area (Å²) in [6, 6.07) is 0. The van der Waals surface area contributed by atoms with Crippen LogP contribution >= 0.6 is 15.6 Å². The molecule has 0 saturated carbocycles. The minimum Gasteiger partial charge on any atom is -0.462 e. The molecule has 17 nitrogen and oxygen atoms in total. The van der Waals surface area contributed by atoms with Crippen LogP contribution in [0.15, 0.2) is 0 Å². The van der Waals surface area contributed by atoms with E-state index in [1.165, 1.54) is 238 Å². The molecular formula is C82H160O17P2. The number of hydrogen-bond donors (Lipinski definition) is 3. The van der Waals surface area contributed by atoms with Crippen molar-refractivity contribution in [3.05, 3.63) is 0 Å². The van der Waals surface area contributed by atoms with Gasteiger partial charge in [-0.15, -0.1) is 0 Å². The summed E-state index contributed by atoms with van der Waals surface area (Å²) in [4.78, 5) is 73.1. The molecule has 0 amide bonds. The molecule has 2 unspecified atom stereocenters. The minimum atomic E-state index is -4.96. The summed E-state index contributed by atoms with van der Waals surface area (Å²) in [5.74, 6) is 0.252. The Kier molecular flexibility index (Phi) is 70.9. The average molecular weight is 1480 g/mol. The van der Waals surface area contributed by atoms with Gasteiger partial charge in [0.15, 0.2) is 12.2 Å². The number of aliphatic hydroxyl groups is 1. The topological polar surface area (TPSA) is 237 Å². The van der Waals surface area contributed by atoms with Gasteiger partial charge in [0.05, 0.1) is 26.4 Å². The largest absolute Gasteiger partial charge is 0.472 e. The van der Waals surface area contributed by atoms with Crippen LogP contribution in [0.4, 0.5) is 0 Å². The van der Waals surface area contributed by atoms with Crippen LogP contribution in [0.1, 0.15) is 427 Å². The molecule has 5 atom stereocenters. The van der Waals surface area contributed by atoms with E-state index in [1.807, 2.05) is 0 Å². The second kappa shape index (κ2) is 72.3. The molecule has 0 aromatic carbocycles. The van der Waals surface area contributed by atoms with Gasteiger partial charge in [-0.3, -0.25) is 37.3 Å². The number of ether oxygens (including phenoxy) is 4. The molecule has 0 aromatic rings. The predicted molar refractivity (Wildman–Crippen MR) is 414 cm³/mol. The van der Waals surface area contributed by atoms with Gasteiger partial charge in [-0.05, 0) is 43.4 Å². The second-order valence-electron chi connectivity index (χ2n) is 30.9. The molecule has 101 heavy (non-hydrogen) atoms. The van der Waals surface area contributed by atoms with Crippen LogP contribution in [0.2, 0.25) is 0 Å². The third-order valence-electron chi connectivity index (χ3n) is 19.1. The summed E-state index contributed by atoms with van der Waals surface area (Å²) in [5.41, 5.74) is 0. The molecule has 0 fully saturated rings. The second-order valence-corrected chi connectivity index (χ2v) is 33.8. The Morgan fingerprint density at radius 3 is 0.673 bits per heavy atom. The third-order valence-corrected chi connectivity index (χ3v) is 21.0. The van der Waals surface area contributed by atoms with Crippen LogP contribution in [0.3, 0.4) is 0 Å². The van der Waals surface area contributed by atoms with Crippen molar-refractivity contribution in [1.29, 1.82) is 0 Å². The quantitative estimate of drug-likeness (QED) is 0.0222. The first-order chi connectivity index (χ1) is 48.7. The van der Waals surface area contributed by atoms with Crippen LogP contribution in [-0.4, -0.2) is 96.7 Å². The van der Waals surface area contributed by atoms with Gasteiger partial charge >= 0.3 is 39.5 Å². The molecule has 0 radical (unpaired) electrons. The maximum atomic E-state index is 13.1. The van der Waals surface area contributed by atoms with Crippen molar-refractivity contribution in [2.45, 2.75) is 446 Å². The van der Waals surface area contributed by atoms with Gasteiger partial charge in [0, 0.05) is 25.7 Å². The zero-order chi connectivity index (χ0) is 74.4. The Labute approximate surface area is 619 Å². The number of phosphoric ester groups is 2. The maximum Gasteiger partial charge on any atom is 0.472 e. The first kappa shape index (κ1) is 99.1. The molecule has 3 N–H and O–H groups in total. The van der Waals surface area contributed by atoms with Crippen molar-refractivity contribution in [3.63, 3.8) is 0 Å². The van der Waals surface area contributed by atoms with Crippen LogP contribution < -0.4 is 0 Å². The highest BCUT2D eigenvalue weighted by Gasteiger charge is 2.30. The molecule has 0 bridgehead atoms. The van der Waals surface area contributed by atoms with E-state index in [-0.39, 0.29) is 25.7 Å². The summed E-state index contributed by atoms with van der Waals surface area (Å²) in [5, 5.41) is 10.7. The fraction of sp³-hybridized carbons (Fsp3) is 0.951. The first-order valence-electron chi connectivity index (χ1n) is 42.3. The summed E-state index contributed by atoms with van der Waals surface area (Å²) >= 11 is 0. The molecule has 0 heterocycles. The van der Waals surface area contributed by atoms with Crippen LogP contribution in [0, 0.1) is 17.8 Å². The van der Waals surface area contributed by atoms with E-state index in [1.54, 1.807) is 0 Å². The summed E-state index contributed by atoms with van der Waals surface area (Å²) < 4.78 is 68.8. The predicted octanol–water partition coefficient (Wildman–Crippen LogP) is 24.5. The van der Waals surface area contributed by atoms with E-state index in [4.69, 9.17) is 37.0 Å². The Bertz CT molecular complexity index is 1960. The van der Waals surface area contributed by atoms with Crippen LogP contribution in [-0.2, 0) is 65.4 Å². The van der Waals surface area contributed by atoms with Crippen molar-refractivity contribution in [2.75, 3.05) is 39.6 Å². The highest BCUT2D eigenvalue weighted by molar-refractivity contribution is 7.47. The van der Waals surface area contributed by atoms with Crippen LogP contribution in [0.5, 0.6) is 0 Å². The van der Waals surface area contributed by atoms with E-state index in [0.717, 1.165) is 108 Å². The number of carbonyl (C=O) groups is 4. The van der Waals surface area contributed by atoms with E-state index >= 15 is 0 Å². The zero-order valence-corrected chi connectivity index (χ0v) is 68.2. The Morgan fingerprint density at radius 2 is 0.455 bits per heavy atom. The van der Waals surface area contributed by atoms with Gasteiger partial charge < -0.3 is 33.8 Å². The standard InChI is InChI=1S/C82H160O17P2/c1-8-9-10-11-12-13-14-27-35-42-49-56-63-79(84)92-70-78(99-82(87)66-59-52-45-38-31-30-34-41-48-55-62-75(6)7)72-97-101(90,91)95-68-76(83)67-94-100(88,89)96-71-77(69-93-80(85)64-57-50-43-36-28-23-20-19-22-26-33-40-47-54-61-74(4)5)98-81(86)65-58-51-44-37-29-24-18-16-15-17-21-25-32-39-46-53-60-73(2)3/h73-78,83H,8-72H2,1-7H3,(H,88,89)(H,90,91)/t76-,77-,78-/m1/s1. The number of carbonyl (C=O) groups excluding carboxylic acids is 4. The van der Waals surface area contributed by atoms with Crippen LogP contribution in [0.25, 0.3) is 0 Å². The highest BCUT2D eigenvalue weighted by Crippen LogP contribution is 2.45. The molecule has 0 spiro atoms. The molecule has 19 heteroatoms. The van der Waals surface area contributed by atoms with Crippen molar-refractivity contribution in [2.24, 2.45) is 17.8 Å². The lowest BCUT2D eigenvalue weighted by molar-refractivity contribution is -0.161. The lowest BCUT2D eigenvalue weighted by Gasteiger charge is -2.21. The van der Waals surface area contributed by atoms with E-state index in [0.29, 0.717) is 25.7 Å². The number of rotatable bonds is 80. The Hall–Kier alpha value is -1.94. The molecule has 0 saturated heterocycles. The monoisotopic (exact) mass is 1480 g/mol. The fourth-order valence-electron chi connectivity index (χ4n) is 12.7. The van der Waals surface area contributed by atoms with E-state index in [2.05, 4.69) is 48.5 Å². The number of hydrogen-bond acceptors (Lipinski definition) is 15. The van der Waals surface area contributed by atoms with Crippen molar-refractivity contribution in [3.8, 4) is 0 Å². The lowest BCUT2D eigenvalue weighted by atomic mass is 10.0. The number of aliphatic hydroxyl groups excluding tert-OH is 1. The van der Waals surface area contributed by atoms with Gasteiger partial charge in [-0.2, -0.15) is 0 Å². The maximum absolute atomic E-state index is 13.1. The molecule has 0 aliphatic rings. The van der Waals surface area contributed by atoms with E-state index in [9.17, 15) is 43.2 Å². The van der Waals surface area contributed by atoms with Gasteiger partial charge in [-0.25, -0.2) is 9.13 Å². The SMILES string of the molecule is CCCCCCCCCCCCCCC(=O)OC[C@H](COP(=O)(O)OC[C@H](O)COP(=O)(O)OC[C@@H](COC(=O)CCCCCCCCCCCCCCCCC(C)C)OC(=O)CCCCCCCCCCCCCCCCCCC(C)C)OC(=O)CCCCCCCCCCCCC(C)C. The van der Waals surface area contributed by atoms with Gasteiger partial charge in [-0.1, -0.05) is 376 Å². The minimum absolute atomic E-state index is 0.106. The number of esters is 4. The Balaban J connectivity index is 5.25. The average Bonchev–Trinajstić information content (AvgIpc) is 0.938. The summed E-state index contributed by atoms with van der Waals surface area (Å²) in [7, 11) is -9.92. The third kappa shape index (κ3) is 76.1. The summed E-state index contributed by atoms with van der Waals surface area (Å²) in [6.07, 6.45) is 60.9. The van der Waals surface area contributed by atoms with Crippen molar-refractivity contribution < 1.29 is 80.2 Å².